The molecule has 0 saturated heterocycles. The molecule has 1 rings (SSSR count). The molecule has 0 amide bonds. The molecule has 0 radical (unpaired) electrons. The summed E-state index contributed by atoms with van der Waals surface area (Å²) in [4.78, 5) is 1.31. The highest BCUT2D eigenvalue weighted by Gasteiger charge is 1.96. The summed E-state index contributed by atoms with van der Waals surface area (Å²) in [5, 5.41) is 11.3. The van der Waals surface area contributed by atoms with Crippen molar-refractivity contribution < 1.29 is 5.21 Å². The van der Waals surface area contributed by atoms with Gasteiger partial charge in [0, 0.05) is 11.3 Å². The summed E-state index contributed by atoms with van der Waals surface area (Å²) >= 11 is 1.85. The Balaban J connectivity index is 2.16. The van der Waals surface area contributed by atoms with Crippen LogP contribution in [0.25, 0.3) is 0 Å². The number of nitrogens with zero attached hydrogens (tertiary/aromatic N) is 1. The lowest BCUT2D eigenvalue weighted by Crippen LogP contribution is -2.10. The van der Waals surface area contributed by atoms with Gasteiger partial charge in [-0.05, 0) is 37.7 Å². The molecule has 0 unspecified atom stereocenters. The van der Waals surface area contributed by atoms with Gasteiger partial charge in [0.15, 0.2) is 0 Å². The summed E-state index contributed by atoms with van der Waals surface area (Å²) in [7, 11) is 0. The number of benzene rings is 1. The van der Waals surface area contributed by atoms with Gasteiger partial charge in [-0.15, -0.1) is 11.8 Å². The molecule has 88 valence electrons. The Kier molecular flexibility index (Phi) is 5.78. The zero-order chi connectivity index (χ0) is 11.8. The molecule has 16 heavy (non-hydrogen) atoms. The summed E-state index contributed by atoms with van der Waals surface area (Å²) in [5.74, 6) is 1.39. The van der Waals surface area contributed by atoms with Crippen LogP contribution < -0.4 is 5.73 Å². The molecule has 0 aromatic heterocycles. The summed E-state index contributed by atoms with van der Waals surface area (Å²) in [6.45, 7) is 2.10. The van der Waals surface area contributed by atoms with E-state index in [1.54, 1.807) is 0 Å². The lowest BCUT2D eigenvalue weighted by molar-refractivity contribution is 0.316. The van der Waals surface area contributed by atoms with Crippen LogP contribution in [0.15, 0.2) is 34.3 Å². The monoisotopic (exact) mass is 238 g/mol. The molecule has 1 aromatic carbocycles. The van der Waals surface area contributed by atoms with E-state index in [0.29, 0.717) is 12.3 Å². The van der Waals surface area contributed by atoms with Gasteiger partial charge in [-0.25, -0.2) is 0 Å². The van der Waals surface area contributed by atoms with Gasteiger partial charge in [-0.2, -0.15) is 0 Å². The van der Waals surface area contributed by atoms with Crippen molar-refractivity contribution in [1.29, 1.82) is 0 Å². The minimum absolute atomic E-state index is 0.320. The number of oxime groups is 1. The van der Waals surface area contributed by atoms with Crippen molar-refractivity contribution in [1.82, 2.24) is 0 Å². The topological polar surface area (TPSA) is 58.6 Å². The Morgan fingerprint density at radius 2 is 2.25 bits per heavy atom. The number of unbranched alkanes of at least 4 members (excludes halogenated alkanes) is 1. The Morgan fingerprint density at radius 1 is 1.44 bits per heavy atom. The first-order chi connectivity index (χ1) is 7.72. The molecule has 0 aliphatic carbocycles. The predicted octanol–water partition coefficient (Wildman–Crippen LogP) is 3.00. The lowest BCUT2D eigenvalue weighted by atomic mass is 10.2. The Bertz CT molecular complexity index is 353. The van der Waals surface area contributed by atoms with Crippen molar-refractivity contribution >= 4 is 17.6 Å². The van der Waals surface area contributed by atoms with Crippen molar-refractivity contribution in [2.24, 2.45) is 10.9 Å². The van der Waals surface area contributed by atoms with Gasteiger partial charge in [0.1, 0.15) is 5.84 Å². The average Bonchev–Trinajstić information content (AvgIpc) is 2.28. The van der Waals surface area contributed by atoms with Crippen molar-refractivity contribution in [3.63, 3.8) is 0 Å². The molecule has 0 saturated carbocycles. The maximum absolute atomic E-state index is 8.36. The summed E-state index contributed by atoms with van der Waals surface area (Å²) in [5.41, 5.74) is 6.67. The highest BCUT2D eigenvalue weighted by atomic mass is 32.2. The number of amidine groups is 1. The lowest BCUT2D eigenvalue weighted by Gasteiger charge is -2.02. The number of hydrogen-bond acceptors (Lipinski definition) is 3. The molecular weight excluding hydrogens is 220 g/mol. The first kappa shape index (κ1) is 12.9. The third-order valence-corrected chi connectivity index (χ3v) is 3.29. The van der Waals surface area contributed by atoms with Crippen LogP contribution in [0.4, 0.5) is 0 Å². The molecule has 0 spiro atoms. The Labute approximate surface area is 101 Å². The third kappa shape index (κ3) is 5.07. The minimum atomic E-state index is 0.320. The van der Waals surface area contributed by atoms with Crippen LogP contribution in [0.5, 0.6) is 0 Å². The van der Waals surface area contributed by atoms with E-state index in [4.69, 9.17) is 10.9 Å². The van der Waals surface area contributed by atoms with Crippen LogP contribution in [0, 0.1) is 6.92 Å². The van der Waals surface area contributed by atoms with E-state index in [1.807, 2.05) is 11.8 Å². The molecule has 4 heteroatoms. The fourth-order valence-electron chi connectivity index (χ4n) is 1.35. The zero-order valence-electron chi connectivity index (χ0n) is 9.52. The number of hydrogen-bond donors (Lipinski definition) is 2. The molecule has 0 aliphatic rings. The average molecular weight is 238 g/mol. The maximum Gasteiger partial charge on any atom is 0.139 e. The van der Waals surface area contributed by atoms with Crippen LogP contribution in [0.1, 0.15) is 24.8 Å². The van der Waals surface area contributed by atoms with Crippen LogP contribution in [0.3, 0.4) is 0 Å². The largest absolute Gasteiger partial charge is 0.409 e. The van der Waals surface area contributed by atoms with Gasteiger partial charge in [0.2, 0.25) is 0 Å². The molecule has 0 heterocycles. The van der Waals surface area contributed by atoms with Gasteiger partial charge in [-0.1, -0.05) is 22.9 Å². The van der Waals surface area contributed by atoms with Gasteiger partial charge in [0.05, 0.1) is 0 Å². The Morgan fingerprint density at radius 3 is 2.94 bits per heavy atom. The molecule has 0 bridgehead atoms. The van der Waals surface area contributed by atoms with E-state index in [2.05, 4.69) is 36.3 Å². The first-order valence-electron chi connectivity index (χ1n) is 5.38. The maximum atomic E-state index is 8.36. The van der Waals surface area contributed by atoms with E-state index in [0.717, 1.165) is 18.6 Å². The summed E-state index contributed by atoms with van der Waals surface area (Å²) in [6, 6.07) is 8.49. The van der Waals surface area contributed by atoms with Crippen molar-refractivity contribution in [2.45, 2.75) is 31.1 Å². The minimum Gasteiger partial charge on any atom is -0.409 e. The number of aryl methyl sites for hydroxylation is 1. The van der Waals surface area contributed by atoms with E-state index >= 15 is 0 Å². The number of nitrogens with two attached hydrogens (primary N) is 1. The second kappa shape index (κ2) is 7.17. The van der Waals surface area contributed by atoms with E-state index in [9.17, 15) is 0 Å². The molecule has 1 aromatic rings. The second-order valence-corrected chi connectivity index (χ2v) is 4.88. The molecule has 3 N–H and O–H groups in total. The Hall–Kier alpha value is -1.16. The normalized spacial score (nSPS) is 11.7. The second-order valence-electron chi connectivity index (χ2n) is 3.71. The van der Waals surface area contributed by atoms with E-state index < -0.39 is 0 Å². The van der Waals surface area contributed by atoms with Gasteiger partial charge in [-0.3, -0.25) is 0 Å². The fourth-order valence-corrected chi connectivity index (χ4v) is 2.38. The fraction of sp³-hybridized carbons (Fsp3) is 0.417. The van der Waals surface area contributed by atoms with E-state index in [1.165, 1.54) is 10.5 Å². The highest BCUT2D eigenvalue weighted by Crippen LogP contribution is 2.20. The van der Waals surface area contributed by atoms with E-state index in [-0.39, 0.29) is 0 Å². The van der Waals surface area contributed by atoms with Crippen molar-refractivity contribution in [3.8, 4) is 0 Å². The van der Waals surface area contributed by atoms with Crippen molar-refractivity contribution in [3.05, 3.63) is 29.8 Å². The standard InChI is InChI=1S/C12H18N2OS/c1-10-5-4-6-11(9-10)16-8-3-2-7-12(13)14-15/h4-6,9,15H,2-3,7-8H2,1H3,(H2,13,14). The zero-order valence-corrected chi connectivity index (χ0v) is 10.3. The van der Waals surface area contributed by atoms with Gasteiger partial charge in [0.25, 0.3) is 0 Å². The molecule has 0 atom stereocenters. The van der Waals surface area contributed by atoms with Crippen molar-refractivity contribution in [2.75, 3.05) is 5.75 Å². The van der Waals surface area contributed by atoms with Crippen LogP contribution in [-0.4, -0.2) is 16.8 Å². The summed E-state index contributed by atoms with van der Waals surface area (Å²) < 4.78 is 0. The van der Waals surface area contributed by atoms with Crippen LogP contribution in [0.2, 0.25) is 0 Å². The van der Waals surface area contributed by atoms with Crippen LogP contribution in [-0.2, 0) is 0 Å². The third-order valence-electron chi connectivity index (χ3n) is 2.21. The molecule has 0 fully saturated rings. The number of thioether (sulfide) groups is 1. The van der Waals surface area contributed by atoms with Crippen LogP contribution >= 0.6 is 11.8 Å². The first-order valence-corrected chi connectivity index (χ1v) is 6.37. The molecular formula is C12H18N2OS. The SMILES string of the molecule is Cc1cccc(SCCCC/C(N)=N/O)c1. The van der Waals surface area contributed by atoms with Gasteiger partial charge < -0.3 is 10.9 Å². The smallest absolute Gasteiger partial charge is 0.139 e. The number of rotatable bonds is 6. The predicted molar refractivity (Wildman–Crippen MR) is 69.2 cm³/mol. The summed E-state index contributed by atoms with van der Waals surface area (Å²) in [6.07, 6.45) is 2.72. The molecule has 0 aliphatic heterocycles. The molecule has 3 nitrogen and oxygen atoms in total. The van der Waals surface area contributed by atoms with Gasteiger partial charge >= 0.3 is 0 Å². The quantitative estimate of drug-likeness (QED) is 0.200. The highest BCUT2D eigenvalue weighted by molar-refractivity contribution is 7.99.